The van der Waals surface area contributed by atoms with Gasteiger partial charge in [0, 0.05) is 17.6 Å². The van der Waals surface area contributed by atoms with Crippen LogP contribution in [-0.4, -0.2) is 30.0 Å². The van der Waals surface area contributed by atoms with Crippen molar-refractivity contribution in [1.29, 1.82) is 0 Å². The van der Waals surface area contributed by atoms with Crippen LogP contribution in [0.3, 0.4) is 0 Å². The van der Waals surface area contributed by atoms with Crippen LogP contribution in [0.4, 0.5) is 17.3 Å². The highest BCUT2D eigenvalue weighted by Crippen LogP contribution is 2.43. The van der Waals surface area contributed by atoms with E-state index in [4.69, 9.17) is 4.98 Å². The molecule has 4 rings (SSSR count). The maximum absolute atomic E-state index is 13.0. The average Bonchev–Trinajstić information content (AvgIpc) is 3.51. The van der Waals surface area contributed by atoms with Crippen LogP contribution in [0.15, 0.2) is 24.4 Å². The number of carbonyl (C=O) groups is 1. The largest absolute Gasteiger partial charge is 0.318 e. The number of carbonyl (C=O) groups excluding carboxylic acids is 1. The number of anilines is 3. The Balaban J connectivity index is 1.94. The Kier molecular flexibility index (Phi) is 4.54. The number of pyridine rings is 2. The van der Waals surface area contributed by atoms with Crippen LogP contribution in [-0.2, 0) is 0 Å². The van der Waals surface area contributed by atoms with Crippen LogP contribution in [0.5, 0.6) is 0 Å². The standard InChI is InChI=1S/C21H28N4OSi/c1-5-27(6-2,7-3)17-11-10-16-19(23-17)25(15-8-9-15)20-18(24-21(16)26)14(4)12-13-22-20/h10-13,15H,5-9H2,1-4H3,(H,24,26). The number of fused-ring (bicyclic) bond motifs is 2. The van der Waals surface area contributed by atoms with E-state index in [2.05, 4.69) is 42.0 Å². The Bertz CT molecular complexity index is 881. The summed E-state index contributed by atoms with van der Waals surface area (Å²) >= 11 is 0. The van der Waals surface area contributed by atoms with Gasteiger partial charge in [0.25, 0.3) is 5.91 Å². The van der Waals surface area contributed by atoms with Crippen molar-refractivity contribution in [2.24, 2.45) is 0 Å². The number of hydrogen-bond donors (Lipinski definition) is 1. The van der Waals surface area contributed by atoms with E-state index in [0.29, 0.717) is 11.6 Å². The zero-order valence-electron chi connectivity index (χ0n) is 16.7. The van der Waals surface area contributed by atoms with Gasteiger partial charge in [-0.1, -0.05) is 38.9 Å². The van der Waals surface area contributed by atoms with Gasteiger partial charge in [0.15, 0.2) is 5.82 Å². The van der Waals surface area contributed by atoms with Crippen molar-refractivity contribution in [3.63, 3.8) is 0 Å². The van der Waals surface area contributed by atoms with E-state index in [1.54, 1.807) is 0 Å². The summed E-state index contributed by atoms with van der Waals surface area (Å²) in [6, 6.07) is 9.96. The maximum atomic E-state index is 13.0. The van der Waals surface area contributed by atoms with E-state index in [1.165, 1.54) is 23.4 Å². The van der Waals surface area contributed by atoms with Crippen molar-refractivity contribution in [3.05, 3.63) is 35.5 Å². The molecule has 6 heteroatoms. The van der Waals surface area contributed by atoms with Crippen LogP contribution in [0, 0.1) is 6.92 Å². The first-order valence-electron chi connectivity index (χ1n) is 10.1. The molecule has 2 aromatic heterocycles. The smallest absolute Gasteiger partial charge is 0.259 e. The van der Waals surface area contributed by atoms with E-state index >= 15 is 0 Å². The second kappa shape index (κ2) is 6.75. The SMILES string of the molecule is CC[Si](CC)(CC)c1ccc2c(n1)N(C1CC1)c1nccc(C)c1NC2=O. The summed E-state index contributed by atoms with van der Waals surface area (Å²) in [6.45, 7) is 8.89. The van der Waals surface area contributed by atoms with E-state index in [0.717, 1.165) is 35.7 Å². The number of hydrogen-bond acceptors (Lipinski definition) is 4. The molecular formula is C21H28N4OSi. The lowest BCUT2D eigenvalue weighted by Gasteiger charge is -2.30. The normalized spacial score (nSPS) is 16.4. The van der Waals surface area contributed by atoms with Gasteiger partial charge in [0.1, 0.15) is 13.9 Å². The number of amides is 1. The molecule has 0 radical (unpaired) electrons. The summed E-state index contributed by atoms with van der Waals surface area (Å²) in [5, 5.41) is 4.31. The third-order valence-electron chi connectivity index (χ3n) is 6.44. The van der Waals surface area contributed by atoms with Crippen molar-refractivity contribution in [3.8, 4) is 0 Å². The quantitative estimate of drug-likeness (QED) is 0.783. The van der Waals surface area contributed by atoms with Gasteiger partial charge < -0.3 is 10.2 Å². The van der Waals surface area contributed by atoms with E-state index in [1.807, 2.05) is 25.3 Å². The summed E-state index contributed by atoms with van der Waals surface area (Å²) in [6.07, 6.45) is 4.06. The Labute approximate surface area is 162 Å². The molecule has 0 spiro atoms. The first kappa shape index (κ1) is 18.2. The molecule has 0 unspecified atom stereocenters. The van der Waals surface area contributed by atoms with Gasteiger partial charge in [-0.15, -0.1) is 0 Å². The number of rotatable bonds is 5. The Morgan fingerprint density at radius 1 is 1.11 bits per heavy atom. The molecule has 0 bridgehead atoms. The predicted molar refractivity (Wildman–Crippen MR) is 113 cm³/mol. The summed E-state index contributed by atoms with van der Waals surface area (Å²) in [7, 11) is -1.63. The van der Waals surface area contributed by atoms with E-state index < -0.39 is 8.07 Å². The fourth-order valence-electron chi connectivity index (χ4n) is 4.24. The van der Waals surface area contributed by atoms with Crippen molar-refractivity contribution in [2.45, 2.75) is 64.7 Å². The minimum absolute atomic E-state index is 0.0821. The molecule has 1 aliphatic carbocycles. The molecule has 1 aliphatic heterocycles. The Morgan fingerprint density at radius 2 is 1.81 bits per heavy atom. The molecule has 2 aromatic rings. The summed E-state index contributed by atoms with van der Waals surface area (Å²) < 4.78 is 0. The third kappa shape index (κ3) is 2.86. The lowest BCUT2D eigenvalue weighted by atomic mass is 10.2. The molecule has 3 heterocycles. The fourth-order valence-corrected chi connectivity index (χ4v) is 7.61. The summed E-state index contributed by atoms with van der Waals surface area (Å²) in [4.78, 5) is 25.0. The lowest BCUT2D eigenvalue weighted by molar-refractivity contribution is 0.102. The Hall–Kier alpha value is -2.21. The van der Waals surface area contributed by atoms with Crippen LogP contribution in [0.2, 0.25) is 18.1 Å². The minimum Gasteiger partial charge on any atom is -0.318 e. The third-order valence-corrected chi connectivity index (χ3v) is 11.9. The monoisotopic (exact) mass is 380 g/mol. The van der Waals surface area contributed by atoms with Gasteiger partial charge >= 0.3 is 0 Å². The number of nitrogens with one attached hydrogen (secondary N) is 1. The molecule has 0 saturated heterocycles. The molecule has 5 nitrogen and oxygen atoms in total. The lowest BCUT2D eigenvalue weighted by Crippen LogP contribution is -2.48. The van der Waals surface area contributed by atoms with Gasteiger partial charge in [0.2, 0.25) is 0 Å². The fraction of sp³-hybridized carbons (Fsp3) is 0.476. The zero-order chi connectivity index (χ0) is 19.2. The van der Waals surface area contributed by atoms with Gasteiger partial charge in [0.05, 0.1) is 11.3 Å². The Morgan fingerprint density at radius 3 is 2.44 bits per heavy atom. The van der Waals surface area contributed by atoms with Crippen molar-refractivity contribution < 1.29 is 4.79 Å². The molecule has 1 saturated carbocycles. The van der Waals surface area contributed by atoms with Gasteiger partial charge in [-0.3, -0.25) is 4.79 Å². The van der Waals surface area contributed by atoms with Crippen molar-refractivity contribution in [2.75, 3.05) is 10.2 Å². The number of aryl methyl sites for hydroxylation is 1. The zero-order valence-corrected chi connectivity index (χ0v) is 17.7. The van der Waals surface area contributed by atoms with E-state index in [9.17, 15) is 4.79 Å². The first-order valence-corrected chi connectivity index (χ1v) is 12.7. The highest BCUT2D eigenvalue weighted by Gasteiger charge is 2.40. The molecule has 2 aliphatic rings. The van der Waals surface area contributed by atoms with Crippen LogP contribution in [0.25, 0.3) is 0 Å². The highest BCUT2D eigenvalue weighted by molar-refractivity contribution is 6.91. The summed E-state index contributed by atoms with van der Waals surface area (Å²) in [5.41, 5.74) is 2.51. The highest BCUT2D eigenvalue weighted by atomic mass is 28.3. The van der Waals surface area contributed by atoms with Crippen molar-refractivity contribution in [1.82, 2.24) is 9.97 Å². The molecule has 1 fully saturated rings. The summed E-state index contributed by atoms with van der Waals surface area (Å²) in [5.74, 6) is 1.56. The van der Waals surface area contributed by atoms with Crippen LogP contribution < -0.4 is 15.5 Å². The second-order valence-corrected chi connectivity index (χ2v) is 13.0. The van der Waals surface area contributed by atoms with Gasteiger partial charge in [-0.25, -0.2) is 9.97 Å². The van der Waals surface area contributed by atoms with Gasteiger partial charge in [-0.05, 0) is 43.5 Å². The molecule has 1 amide bonds. The van der Waals surface area contributed by atoms with Gasteiger partial charge in [-0.2, -0.15) is 0 Å². The minimum atomic E-state index is -1.63. The average molecular weight is 381 g/mol. The van der Waals surface area contributed by atoms with E-state index in [-0.39, 0.29) is 5.91 Å². The molecule has 142 valence electrons. The molecule has 0 atom stereocenters. The van der Waals surface area contributed by atoms with Crippen LogP contribution >= 0.6 is 0 Å². The van der Waals surface area contributed by atoms with Crippen LogP contribution in [0.1, 0.15) is 49.5 Å². The maximum Gasteiger partial charge on any atom is 0.259 e. The first-order chi connectivity index (χ1) is 13.0. The number of aromatic nitrogens is 2. The van der Waals surface area contributed by atoms with Crippen molar-refractivity contribution >= 4 is 36.6 Å². The topological polar surface area (TPSA) is 58.1 Å². The molecule has 27 heavy (non-hydrogen) atoms. The molecule has 1 N–H and O–H groups in total. The molecule has 0 aromatic carbocycles. The molecular weight excluding hydrogens is 352 g/mol. The number of nitrogens with zero attached hydrogens (tertiary/aromatic N) is 3. The predicted octanol–water partition coefficient (Wildman–Crippen LogP) is 4.37. The second-order valence-electron chi connectivity index (χ2n) is 7.79.